The molecule has 1 aromatic carbocycles. The van der Waals surface area contributed by atoms with Gasteiger partial charge in [-0.05, 0) is 116 Å². The van der Waals surface area contributed by atoms with Crippen LogP contribution >= 0.6 is 0 Å². The Balaban J connectivity index is 1.46. The second-order valence-corrected chi connectivity index (χ2v) is 12.5. The van der Waals surface area contributed by atoms with E-state index in [-0.39, 0.29) is 0 Å². The summed E-state index contributed by atoms with van der Waals surface area (Å²) in [6.45, 7) is 18.7. The van der Waals surface area contributed by atoms with Crippen molar-refractivity contribution in [1.29, 1.82) is 0 Å². The van der Waals surface area contributed by atoms with Crippen molar-refractivity contribution in [3.8, 4) is 0 Å². The van der Waals surface area contributed by atoms with Crippen LogP contribution in [0.2, 0.25) is 0 Å². The molecule has 2 aliphatic carbocycles. The molecule has 192 valence electrons. The van der Waals surface area contributed by atoms with Crippen LogP contribution in [0.25, 0.3) is 5.70 Å². The number of benzene rings is 1. The van der Waals surface area contributed by atoms with Crippen LogP contribution in [0.3, 0.4) is 0 Å². The quantitative estimate of drug-likeness (QED) is 0.363. The van der Waals surface area contributed by atoms with Crippen molar-refractivity contribution < 1.29 is 0 Å². The fraction of sp³-hybridized carbons (Fsp3) is 0.647. The summed E-state index contributed by atoms with van der Waals surface area (Å²) in [7, 11) is 0. The van der Waals surface area contributed by atoms with Gasteiger partial charge < -0.3 is 4.90 Å². The predicted octanol–water partition coefficient (Wildman–Crippen LogP) is 9.38. The van der Waals surface area contributed by atoms with E-state index in [9.17, 15) is 0 Å². The molecule has 1 saturated heterocycles. The highest BCUT2D eigenvalue weighted by atomic mass is 15.1. The average Bonchev–Trinajstić information content (AvgIpc) is 2.84. The van der Waals surface area contributed by atoms with Crippen molar-refractivity contribution in [1.82, 2.24) is 4.90 Å². The molecule has 0 aromatic heterocycles. The van der Waals surface area contributed by atoms with Crippen molar-refractivity contribution in [3.63, 3.8) is 0 Å². The zero-order valence-corrected chi connectivity index (χ0v) is 23.5. The van der Waals surface area contributed by atoms with Crippen molar-refractivity contribution in [3.05, 3.63) is 64.8 Å². The monoisotopic (exact) mass is 473 g/mol. The molecule has 1 nitrogen and oxygen atoms in total. The molecular formula is C34H51N. The van der Waals surface area contributed by atoms with Crippen molar-refractivity contribution in [2.24, 2.45) is 23.2 Å². The summed E-state index contributed by atoms with van der Waals surface area (Å²) in [5.74, 6) is 2.39. The minimum Gasteiger partial charge on any atom is -0.371 e. The van der Waals surface area contributed by atoms with E-state index < -0.39 is 0 Å². The van der Waals surface area contributed by atoms with E-state index in [1.54, 1.807) is 11.1 Å². The van der Waals surface area contributed by atoms with E-state index in [1.165, 1.54) is 99.7 Å². The van der Waals surface area contributed by atoms with E-state index in [1.807, 2.05) is 0 Å². The highest BCUT2D eigenvalue weighted by molar-refractivity contribution is 5.63. The Kier molecular flexibility index (Phi) is 8.67. The number of likely N-dealkylation sites (tertiary alicyclic amines) is 1. The normalized spacial score (nSPS) is 24.5. The van der Waals surface area contributed by atoms with E-state index >= 15 is 0 Å². The lowest BCUT2D eigenvalue weighted by atomic mass is 9.59. The highest BCUT2D eigenvalue weighted by Gasteiger charge is 2.43. The van der Waals surface area contributed by atoms with Crippen molar-refractivity contribution in [2.75, 3.05) is 13.1 Å². The summed E-state index contributed by atoms with van der Waals surface area (Å²) in [6, 6.07) is 7.14. The average molecular weight is 474 g/mol. The summed E-state index contributed by atoms with van der Waals surface area (Å²) in [5.41, 5.74) is 9.52. The molecule has 4 rings (SSSR count). The van der Waals surface area contributed by atoms with Crippen LogP contribution < -0.4 is 0 Å². The third kappa shape index (κ3) is 6.15. The van der Waals surface area contributed by atoms with Crippen LogP contribution in [0.15, 0.2) is 48.1 Å². The van der Waals surface area contributed by atoms with Gasteiger partial charge in [0.2, 0.25) is 0 Å². The Morgan fingerprint density at radius 1 is 1.11 bits per heavy atom. The van der Waals surface area contributed by atoms with Crippen LogP contribution in [-0.4, -0.2) is 18.0 Å². The molecule has 1 aliphatic heterocycles. The van der Waals surface area contributed by atoms with Gasteiger partial charge in [-0.15, -0.1) is 0 Å². The lowest BCUT2D eigenvalue weighted by molar-refractivity contribution is 0.0417. The second-order valence-electron chi connectivity index (χ2n) is 12.5. The molecule has 2 unspecified atom stereocenters. The van der Waals surface area contributed by atoms with Gasteiger partial charge in [0.25, 0.3) is 0 Å². The minimum atomic E-state index is 0.536. The Morgan fingerprint density at radius 2 is 1.89 bits per heavy atom. The summed E-state index contributed by atoms with van der Waals surface area (Å²) < 4.78 is 0. The van der Waals surface area contributed by atoms with Crippen molar-refractivity contribution >= 4 is 5.70 Å². The Morgan fingerprint density at radius 3 is 2.54 bits per heavy atom. The van der Waals surface area contributed by atoms with E-state index in [4.69, 9.17) is 0 Å². The maximum atomic E-state index is 4.60. The molecule has 0 bridgehead atoms. The maximum absolute atomic E-state index is 4.60. The zero-order valence-electron chi connectivity index (χ0n) is 23.5. The number of hydrogen-bond acceptors (Lipinski definition) is 1. The molecule has 1 spiro atoms. The number of piperidine rings is 1. The van der Waals surface area contributed by atoms with E-state index in [2.05, 4.69) is 76.4 Å². The van der Waals surface area contributed by atoms with E-state index in [0.717, 1.165) is 18.3 Å². The molecule has 0 radical (unpaired) electrons. The van der Waals surface area contributed by atoms with Crippen molar-refractivity contribution in [2.45, 2.75) is 105 Å². The largest absolute Gasteiger partial charge is 0.371 e. The third-order valence-electron chi connectivity index (χ3n) is 9.39. The highest BCUT2D eigenvalue weighted by Crippen LogP contribution is 2.53. The molecule has 1 heterocycles. The molecule has 2 fully saturated rings. The van der Waals surface area contributed by atoms with Crippen LogP contribution in [0.4, 0.5) is 0 Å². The number of nitrogens with zero attached hydrogens (tertiary/aromatic N) is 1. The molecule has 1 heteroatoms. The molecule has 1 aromatic rings. The van der Waals surface area contributed by atoms with Crippen LogP contribution in [0.1, 0.15) is 109 Å². The molecule has 0 N–H and O–H groups in total. The molecular weight excluding hydrogens is 422 g/mol. The number of aryl methyl sites for hydroxylation is 1. The van der Waals surface area contributed by atoms with Crippen LogP contribution in [-0.2, 0) is 12.8 Å². The minimum absolute atomic E-state index is 0.536. The van der Waals surface area contributed by atoms with Gasteiger partial charge in [0.1, 0.15) is 0 Å². The SMILES string of the molecule is C=C(c1ccc(CC(C)C)c(CC)c1)N1CCC2(CC1)CC(CCC)CC(C1=C(C)CCC=C1)C2. The lowest BCUT2D eigenvalue weighted by Gasteiger charge is -2.50. The molecule has 0 amide bonds. The Hall–Kier alpha value is -1.76. The van der Waals surface area contributed by atoms with Gasteiger partial charge in [-0.2, -0.15) is 0 Å². The van der Waals surface area contributed by atoms with Gasteiger partial charge >= 0.3 is 0 Å². The zero-order chi connectivity index (χ0) is 25.0. The first-order valence-electron chi connectivity index (χ1n) is 14.8. The van der Waals surface area contributed by atoms with Gasteiger partial charge in [0.15, 0.2) is 0 Å². The summed E-state index contributed by atoms with van der Waals surface area (Å²) in [5, 5.41) is 0. The van der Waals surface area contributed by atoms with Crippen LogP contribution in [0.5, 0.6) is 0 Å². The molecule has 35 heavy (non-hydrogen) atoms. The standard InChI is InChI=1S/C34H51N/c1-7-11-28-21-32(33-13-10-9-12-26(33)5)24-34(23-28)16-18-35(19-17-34)27(6)30-14-15-31(20-25(3)4)29(8-2)22-30/h10,13-15,22,25,28,32H,6-9,11-12,16-21,23-24H2,1-5H3. The fourth-order valence-corrected chi connectivity index (χ4v) is 7.55. The second kappa shape index (κ2) is 11.5. The van der Waals surface area contributed by atoms with Gasteiger partial charge in [-0.25, -0.2) is 0 Å². The molecule has 1 saturated carbocycles. The predicted molar refractivity (Wildman–Crippen MR) is 153 cm³/mol. The third-order valence-corrected chi connectivity index (χ3v) is 9.39. The van der Waals surface area contributed by atoms with E-state index in [0.29, 0.717) is 11.3 Å². The first-order valence-corrected chi connectivity index (χ1v) is 14.8. The summed E-state index contributed by atoms with van der Waals surface area (Å²) in [6.07, 6.45) is 19.4. The lowest BCUT2D eigenvalue weighted by Crippen LogP contribution is -2.43. The fourth-order valence-electron chi connectivity index (χ4n) is 7.55. The van der Waals surface area contributed by atoms with Gasteiger partial charge in [0.05, 0.1) is 0 Å². The van der Waals surface area contributed by atoms with Gasteiger partial charge in [-0.1, -0.05) is 77.0 Å². The molecule has 2 atom stereocenters. The topological polar surface area (TPSA) is 3.24 Å². The first kappa shape index (κ1) is 26.3. The number of hydrogen-bond donors (Lipinski definition) is 0. The van der Waals surface area contributed by atoms with Crippen LogP contribution in [0, 0.1) is 23.2 Å². The number of rotatable bonds is 8. The maximum Gasteiger partial charge on any atom is 0.0366 e. The van der Waals surface area contributed by atoms with Gasteiger partial charge in [-0.3, -0.25) is 0 Å². The smallest absolute Gasteiger partial charge is 0.0366 e. The first-order chi connectivity index (χ1) is 16.8. The molecule has 3 aliphatic rings. The summed E-state index contributed by atoms with van der Waals surface area (Å²) in [4.78, 5) is 2.60. The Labute approximate surface area is 216 Å². The Bertz CT molecular complexity index is 937. The summed E-state index contributed by atoms with van der Waals surface area (Å²) >= 11 is 0. The van der Waals surface area contributed by atoms with Gasteiger partial charge in [0, 0.05) is 18.8 Å². The number of allylic oxidation sites excluding steroid dienone is 4.